The molecule has 1 unspecified atom stereocenters. The van der Waals surface area contributed by atoms with E-state index in [1.807, 2.05) is 0 Å². The summed E-state index contributed by atoms with van der Waals surface area (Å²) >= 11 is 11.9. The molecule has 1 aromatic rings. The molecule has 1 amide bonds. The Labute approximate surface area is 138 Å². The van der Waals surface area contributed by atoms with Crippen LogP contribution in [-0.2, 0) is 9.05 Å². The lowest BCUT2D eigenvalue weighted by molar-refractivity contribution is 0.0787. The van der Waals surface area contributed by atoms with Crippen molar-refractivity contribution in [3.05, 3.63) is 27.7 Å². The van der Waals surface area contributed by atoms with E-state index in [2.05, 4.69) is 6.92 Å². The number of carbonyl (C=O) groups is 1. The van der Waals surface area contributed by atoms with Crippen molar-refractivity contribution in [1.29, 1.82) is 0 Å². The first-order valence-corrected chi connectivity index (χ1v) is 9.53. The third-order valence-electron chi connectivity index (χ3n) is 3.66. The van der Waals surface area contributed by atoms with Gasteiger partial charge in [0.05, 0.1) is 20.5 Å². The molecule has 1 saturated heterocycles. The molecule has 21 heavy (non-hydrogen) atoms. The highest BCUT2D eigenvalue weighted by Gasteiger charge is 2.28. The fourth-order valence-corrected chi connectivity index (χ4v) is 3.64. The Hall–Kier alpha value is -0.490. The first-order valence-electron chi connectivity index (χ1n) is 6.47. The second kappa shape index (κ2) is 6.32. The topological polar surface area (TPSA) is 54.5 Å². The number of benzene rings is 1. The largest absolute Gasteiger partial charge is 0.338 e. The quantitative estimate of drug-likeness (QED) is 0.761. The molecule has 2 rings (SSSR count). The van der Waals surface area contributed by atoms with Crippen molar-refractivity contribution in [2.75, 3.05) is 13.1 Å². The summed E-state index contributed by atoms with van der Waals surface area (Å²) in [6, 6.07) is 2.32. The second-order valence-corrected chi connectivity index (χ2v) is 8.37. The van der Waals surface area contributed by atoms with E-state index in [1.165, 1.54) is 6.07 Å². The normalized spacial score (nSPS) is 19.0. The average Bonchev–Trinajstić information content (AvgIpc) is 2.88. The SMILES string of the molecule is CCC1CCN(C(=O)c2cc(S(=O)(=O)Cl)cc(Cl)c2Cl)C1. The summed E-state index contributed by atoms with van der Waals surface area (Å²) in [6.07, 6.45) is 1.93. The number of carbonyl (C=O) groups excluding carboxylic acids is 1. The molecule has 1 atom stereocenters. The Bertz CT molecular complexity index is 675. The van der Waals surface area contributed by atoms with Crippen molar-refractivity contribution in [3.63, 3.8) is 0 Å². The van der Waals surface area contributed by atoms with E-state index in [0.717, 1.165) is 18.9 Å². The number of rotatable bonds is 3. The highest BCUT2D eigenvalue weighted by Crippen LogP contribution is 2.32. The molecule has 8 heteroatoms. The Kier molecular flexibility index (Phi) is 5.08. The minimum absolute atomic E-state index is 0.00650. The van der Waals surface area contributed by atoms with Crippen molar-refractivity contribution < 1.29 is 13.2 Å². The van der Waals surface area contributed by atoms with Crippen LogP contribution < -0.4 is 0 Å². The van der Waals surface area contributed by atoms with E-state index >= 15 is 0 Å². The van der Waals surface area contributed by atoms with Crippen molar-refractivity contribution in [1.82, 2.24) is 4.90 Å². The van der Waals surface area contributed by atoms with Gasteiger partial charge >= 0.3 is 0 Å². The first-order chi connectivity index (χ1) is 9.74. The molecular formula is C13H14Cl3NO3S. The zero-order valence-corrected chi connectivity index (χ0v) is 14.4. The highest BCUT2D eigenvalue weighted by molar-refractivity contribution is 8.13. The number of likely N-dealkylation sites (tertiary alicyclic amines) is 1. The van der Waals surface area contributed by atoms with Gasteiger partial charge in [-0.2, -0.15) is 0 Å². The summed E-state index contributed by atoms with van der Waals surface area (Å²) in [5.41, 5.74) is 0.0696. The Morgan fingerprint density at radius 3 is 2.57 bits per heavy atom. The van der Waals surface area contributed by atoms with Gasteiger partial charge in [-0.15, -0.1) is 0 Å². The predicted octanol–water partition coefficient (Wildman–Crippen LogP) is 3.79. The lowest BCUT2D eigenvalue weighted by atomic mass is 10.1. The van der Waals surface area contributed by atoms with Gasteiger partial charge in [-0.3, -0.25) is 4.79 Å². The lowest BCUT2D eigenvalue weighted by Gasteiger charge is -2.18. The van der Waals surface area contributed by atoms with Crippen molar-refractivity contribution in [2.45, 2.75) is 24.7 Å². The first kappa shape index (κ1) is 16.9. The molecule has 1 aromatic carbocycles. The molecule has 0 bridgehead atoms. The van der Waals surface area contributed by atoms with Gasteiger partial charge in [0.1, 0.15) is 0 Å². The fourth-order valence-electron chi connectivity index (χ4n) is 2.38. The van der Waals surface area contributed by atoms with Gasteiger partial charge in [0.25, 0.3) is 15.0 Å². The average molecular weight is 371 g/mol. The number of halogens is 3. The summed E-state index contributed by atoms with van der Waals surface area (Å²) in [7, 11) is 1.33. The van der Waals surface area contributed by atoms with Gasteiger partial charge in [-0.1, -0.05) is 36.5 Å². The third kappa shape index (κ3) is 3.65. The molecule has 0 aliphatic carbocycles. The molecule has 0 aromatic heterocycles. The van der Waals surface area contributed by atoms with Gasteiger partial charge in [0.15, 0.2) is 0 Å². The van der Waals surface area contributed by atoms with Crippen LogP contribution in [0.5, 0.6) is 0 Å². The minimum atomic E-state index is -3.98. The van der Waals surface area contributed by atoms with Gasteiger partial charge in [0, 0.05) is 23.8 Å². The molecular weight excluding hydrogens is 357 g/mol. The Morgan fingerprint density at radius 1 is 1.38 bits per heavy atom. The second-order valence-electron chi connectivity index (χ2n) is 5.02. The van der Waals surface area contributed by atoms with Crippen LogP contribution >= 0.6 is 33.9 Å². The highest BCUT2D eigenvalue weighted by atomic mass is 35.7. The zero-order chi connectivity index (χ0) is 15.8. The van der Waals surface area contributed by atoms with Gasteiger partial charge in [0.2, 0.25) is 0 Å². The smallest absolute Gasteiger partial charge is 0.261 e. The van der Waals surface area contributed by atoms with E-state index in [0.29, 0.717) is 19.0 Å². The standard InChI is InChI=1S/C13H14Cl3NO3S/c1-2-8-3-4-17(7-8)13(18)10-5-9(21(16,19)20)6-11(14)12(10)15/h5-6,8H,2-4,7H2,1H3. The molecule has 1 aliphatic rings. The number of amides is 1. The lowest BCUT2D eigenvalue weighted by Crippen LogP contribution is -2.29. The van der Waals surface area contributed by atoms with Crippen LogP contribution in [0.25, 0.3) is 0 Å². The summed E-state index contributed by atoms with van der Waals surface area (Å²) in [4.78, 5) is 13.9. The Morgan fingerprint density at radius 2 is 2.05 bits per heavy atom. The molecule has 4 nitrogen and oxygen atoms in total. The van der Waals surface area contributed by atoms with Gasteiger partial charge < -0.3 is 4.90 Å². The molecule has 1 fully saturated rings. The van der Waals surface area contributed by atoms with E-state index in [4.69, 9.17) is 33.9 Å². The van der Waals surface area contributed by atoms with Crippen LogP contribution in [-0.4, -0.2) is 32.3 Å². The van der Waals surface area contributed by atoms with Crippen molar-refractivity contribution >= 4 is 48.8 Å². The summed E-state index contributed by atoms with van der Waals surface area (Å²) in [6.45, 7) is 3.34. The third-order valence-corrected chi connectivity index (χ3v) is 5.80. The fraction of sp³-hybridized carbons (Fsp3) is 0.462. The van der Waals surface area contributed by atoms with Crippen LogP contribution in [0, 0.1) is 5.92 Å². The van der Waals surface area contributed by atoms with E-state index in [-0.39, 0.29) is 26.4 Å². The van der Waals surface area contributed by atoms with Gasteiger partial charge in [-0.25, -0.2) is 8.42 Å². The summed E-state index contributed by atoms with van der Waals surface area (Å²) < 4.78 is 22.9. The molecule has 116 valence electrons. The van der Waals surface area contributed by atoms with Crippen LogP contribution in [0.2, 0.25) is 10.0 Å². The number of hydrogen-bond acceptors (Lipinski definition) is 3. The minimum Gasteiger partial charge on any atom is -0.338 e. The maximum Gasteiger partial charge on any atom is 0.261 e. The molecule has 0 spiro atoms. The molecule has 0 radical (unpaired) electrons. The molecule has 0 saturated carbocycles. The summed E-state index contributed by atoms with van der Waals surface area (Å²) in [5.74, 6) is 0.142. The van der Waals surface area contributed by atoms with Crippen LogP contribution in [0.1, 0.15) is 30.1 Å². The molecule has 0 N–H and O–H groups in total. The van der Waals surface area contributed by atoms with E-state index < -0.39 is 9.05 Å². The van der Waals surface area contributed by atoms with Gasteiger partial charge in [-0.05, 0) is 24.5 Å². The van der Waals surface area contributed by atoms with Crippen LogP contribution in [0.4, 0.5) is 0 Å². The van der Waals surface area contributed by atoms with Crippen molar-refractivity contribution in [3.8, 4) is 0 Å². The van der Waals surface area contributed by atoms with Crippen molar-refractivity contribution in [2.24, 2.45) is 5.92 Å². The summed E-state index contributed by atoms with van der Waals surface area (Å²) in [5, 5.41) is 0.0404. The van der Waals surface area contributed by atoms with E-state index in [1.54, 1.807) is 4.90 Å². The van der Waals surface area contributed by atoms with E-state index in [9.17, 15) is 13.2 Å². The Balaban J connectivity index is 2.39. The maximum atomic E-state index is 12.5. The zero-order valence-electron chi connectivity index (χ0n) is 11.3. The van der Waals surface area contributed by atoms with Crippen LogP contribution in [0.3, 0.4) is 0 Å². The van der Waals surface area contributed by atoms with Crippen LogP contribution in [0.15, 0.2) is 17.0 Å². The number of hydrogen-bond donors (Lipinski definition) is 0. The predicted molar refractivity (Wildman–Crippen MR) is 83.8 cm³/mol. The number of nitrogens with zero attached hydrogens (tertiary/aromatic N) is 1. The molecule has 1 aliphatic heterocycles. The maximum absolute atomic E-state index is 12.5. The molecule has 1 heterocycles. The monoisotopic (exact) mass is 369 g/mol.